The molecule has 7 heteroatoms. The number of carbonyl (C=O) groups is 1. The van der Waals surface area contributed by atoms with Gasteiger partial charge < -0.3 is 5.11 Å². The standard InChI is InChI=1S/C8H10N4O2S/c1-2-5-9-10-8-12(5)11-6(15-8)3-4-7(13)14/h2-4H2,1H3,(H,13,14). The summed E-state index contributed by atoms with van der Waals surface area (Å²) in [7, 11) is 0. The van der Waals surface area contributed by atoms with Crippen LogP contribution >= 0.6 is 11.3 Å². The van der Waals surface area contributed by atoms with Crippen LogP contribution in [0.4, 0.5) is 0 Å². The van der Waals surface area contributed by atoms with E-state index in [0.29, 0.717) is 6.42 Å². The molecule has 1 N–H and O–H groups in total. The highest BCUT2D eigenvalue weighted by molar-refractivity contribution is 7.16. The molecular weight excluding hydrogens is 216 g/mol. The van der Waals surface area contributed by atoms with Gasteiger partial charge in [0.15, 0.2) is 5.82 Å². The monoisotopic (exact) mass is 226 g/mol. The van der Waals surface area contributed by atoms with Crippen molar-refractivity contribution in [1.29, 1.82) is 0 Å². The second-order valence-corrected chi connectivity index (χ2v) is 4.09. The van der Waals surface area contributed by atoms with Gasteiger partial charge in [0.2, 0.25) is 4.96 Å². The minimum atomic E-state index is -0.809. The van der Waals surface area contributed by atoms with E-state index in [1.165, 1.54) is 11.3 Å². The maximum absolute atomic E-state index is 10.4. The summed E-state index contributed by atoms with van der Waals surface area (Å²) in [5.41, 5.74) is 0. The van der Waals surface area contributed by atoms with Gasteiger partial charge in [-0.15, -0.1) is 10.2 Å². The highest BCUT2D eigenvalue weighted by atomic mass is 32.1. The topological polar surface area (TPSA) is 80.4 Å². The highest BCUT2D eigenvalue weighted by Gasteiger charge is 2.10. The zero-order valence-electron chi connectivity index (χ0n) is 8.17. The first-order valence-electron chi connectivity index (χ1n) is 4.62. The highest BCUT2D eigenvalue weighted by Crippen LogP contribution is 2.15. The quantitative estimate of drug-likeness (QED) is 0.832. The second-order valence-electron chi connectivity index (χ2n) is 3.05. The Morgan fingerprint density at radius 3 is 3.00 bits per heavy atom. The van der Waals surface area contributed by atoms with Crippen molar-refractivity contribution in [3.8, 4) is 0 Å². The fourth-order valence-electron chi connectivity index (χ4n) is 1.23. The Bertz CT molecular complexity index is 490. The molecule has 0 atom stereocenters. The van der Waals surface area contributed by atoms with E-state index in [4.69, 9.17) is 5.11 Å². The average molecular weight is 226 g/mol. The summed E-state index contributed by atoms with van der Waals surface area (Å²) < 4.78 is 1.68. The molecule has 0 saturated carbocycles. The molecule has 2 heterocycles. The van der Waals surface area contributed by atoms with E-state index in [0.717, 1.165) is 22.2 Å². The number of hydrogen-bond donors (Lipinski definition) is 1. The third-order valence-electron chi connectivity index (χ3n) is 1.97. The predicted octanol–water partition coefficient (Wildman–Crippen LogP) is 0.765. The lowest BCUT2D eigenvalue weighted by Crippen LogP contribution is -1.99. The van der Waals surface area contributed by atoms with Gasteiger partial charge in [0.05, 0.1) is 6.42 Å². The van der Waals surface area contributed by atoms with Crippen molar-refractivity contribution in [2.45, 2.75) is 26.2 Å². The van der Waals surface area contributed by atoms with Gasteiger partial charge in [0, 0.05) is 12.8 Å². The number of aryl methyl sites for hydroxylation is 2. The number of nitrogens with zero attached hydrogens (tertiary/aromatic N) is 4. The first kappa shape index (κ1) is 10.0. The normalized spacial score (nSPS) is 11.0. The van der Waals surface area contributed by atoms with Gasteiger partial charge in [0.25, 0.3) is 0 Å². The van der Waals surface area contributed by atoms with Crippen LogP contribution in [0.5, 0.6) is 0 Å². The molecule has 80 valence electrons. The summed E-state index contributed by atoms with van der Waals surface area (Å²) in [6.07, 6.45) is 1.32. The maximum atomic E-state index is 10.4. The minimum Gasteiger partial charge on any atom is -0.481 e. The van der Waals surface area contributed by atoms with E-state index >= 15 is 0 Å². The van der Waals surface area contributed by atoms with Crippen molar-refractivity contribution in [3.05, 3.63) is 10.8 Å². The molecule has 0 fully saturated rings. The van der Waals surface area contributed by atoms with Crippen molar-refractivity contribution in [2.75, 3.05) is 0 Å². The molecular formula is C8H10N4O2S. The van der Waals surface area contributed by atoms with Crippen molar-refractivity contribution in [1.82, 2.24) is 19.8 Å². The van der Waals surface area contributed by atoms with Gasteiger partial charge in [-0.25, -0.2) is 0 Å². The molecule has 2 aromatic heterocycles. The lowest BCUT2D eigenvalue weighted by atomic mass is 10.3. The molecule has 0 saturated heterocycles. The number of fused-ring (bicyclic) bond motifs is 1. The number of aliphatic carboxylic acids is 1. The second kappa shape index (κ2) is 3.93. The van der Waals surface area contributed by atoms with Crippen molar-refractivity contribution in [3.63, 3.8) is 0 Å². The summed E-state index contributed by atoms with van der Waals surface area (Å²) >= 11 is 1.39. The van der Waals surface area contributed by atoms with Crippen molar-refractivity contribution >= 4 is 22.3 Å². The number of rotatable bonds is 4. The third-order valence-corrected chi connectivity index (χ3v) is 2.92. The van der Waals surface area contributed by atoms with Crippen LogP contribution in [0.2, 0.25) is 0 Å². The van der Waals surface area contributed by atoms with Gasteiger partial charge in [-0.1, -0.05) is 18.3 Å². The van der Waals surface area contributed by atoms with E-state index in [2.05, 4.69) is 15.3 Å². The van der Waals surface area contributed by atoms with E-state index in [1.54, 1.807) is 4.52 Å². The zero-order valence-corrected chi connectivity index (χ0v) is 8.99. The lowest BCUT2D eigenvalue weighted by Gasteiger charge is -1.90. The largest absolute Gasteiger partial charge is 0.481 e. The van der Waals surface area contributed by atoms with Crippen molar-refractivity contribution in [2.24, 2.45) is 0 Å². The van der Waals surface area contributed by atoms with Crippen LogP contribution in [0.25, 0.3) is 4.96 Å². The molecule has 0 unspecified atom stereocenters. The molecule has 0 spiro atoms. The van der Waals surface area contributed by atoms with Gasteiger partial charge in [-0.3, -0.25) is 4.79 Å². The number of aromatic nitrogens is 4. The Balaban J connectivity index is 2.23. The molecule has 0 radical (unpaired) electrons. The van der Waals surface area contributed by atoms with Crippen LogP contribution in [0.15, 0.2) is 0 Å². The molecule has 0 bridgehead atoms. The third kappa shape index (κ3) is 1.96. The first-order chi connectivity index (χ1) is 7.20. The van der Waals surface area contributed by atoms with Crippen LogP contribution in [0, 0.1) is 0 Å². The Labute approximate surface area is 89.6 Å². The lowest BCUT2D eigenvalue weighted by molar-refractivity contribution is -0.136. The Hall–Kier alpha value is -1.50. The molecule has 0 aliphatic rings. The van der Waals surface area contributed by atoms with Gasteiger partial charge >= 0.3 is 5.97 Å². The molecule has 15 heavy (non-hydrogen) atoms. The van der Waals surface area contributed by atoms with E-state index in [9.17, 15) is 4.79 Å². The molecule has 2 aromatic rings. The van der Waals surface area contributed by atoms with E-state index < -0.39 is 5.97 Å². The SMILES string of the molecule is CCc1nnc2sc(CCC(=O)O)nn12. The van der Waals surface area contributed by atoms with E-state index in [1.807, 2.05) is 6.92 Å². The summed E-state index contributed by atoms with van der Waals surface area (Å²) in [6, 6.07) is 0. The zero-order chi connectivity index (χ0) is 10.8. The van der Waals surface area contributed by atoms with Gasteiger partial charge in [0.1, 0.15) is 5.01 Å². The molecule has 0 aliphatic heterocycles. The van der Waals surface area contributed by atoms with Crippen LogP contribution in [-0.4, -0.2) is 30.9 Å². The summed E-state index contributed by atoms with van der Waals surface area (Å²) in [4.78, 5) is 11.1. The van der Waals surface area contributed by atoms with Crippen LogP contribution in [0.1, 0.15) is 24.2 Å². The maximum Gasteiger partial charge on any atom is 0.303 e. The Morgan fingerprint density at radius 2 is 2.33 bits per heavy atom. The summed E-state index contributed by atoms with van der Waals surface area (Å²) in [5, 5.41) is 21.5. The molecule has 0 aromatic carbocycles. The van der Waals surface area contributed by atoms with Gasteiger partial charge in [-0.2, -0.15) is 9.61 Å². The smallest absolute Gasteiger partial charge is 0.303 e. The molecule has 6 nitrogen and oxygen atoms in total. The Morgan fingerprint density at radius 1 is 1.53 bits per heavy atom. The average Bonchev–Trinajstić information content (AvgIpc) is 2.72. The predicted molar refractivity (Wildman–Crippen MR) is 54.0 cm³/mol. The fourth-order valence-corrected chi connectivity index (χ4v) is 2.08. The minimum absolute atomic E-state index is 0.103. The van der Waals surface area contributed by atoms with Gasteiger partial charge in [-0.05, 0) is 0 Å². The van der Waals surface area contributed by atoms with Crippen LogP contribution < -0.4 is 0 Å². The number of carboxylic acids is 1. The molecule has 0 aliphatic carbocycles. The van der Waals surface area contributed by atoms with Crippen molar-refractivity contribution < 1.29 is 9.90 Å². The molecule has 2 rings (SSSR count). The molecule has 0 amide bonds. The number of hydrogen-bond acceptors (Lipinski definition) is 5. The number of carboxylic acid groups (broad SMARTS) is 1. The summed E-state index contributed by atoms with van der Waals surface area (Å²) in [6.45, 7) is 1.98. The fraction of sp³-hybridized carbons (Fsp3) is 0.500. The first-order valence-corrected chi connectivity index (χ1v) is 5.44. The summed E-state index contributed by atoms with van der Waals surface area (Å²) in [5.74, 6) is -0.000458. The van der Waals surface area contributed by atoms with E-state index in [-0.39, 0.29) is 6.42 Å². The van der Waals surface area contributed by atoms with Crippen LogP contribution in [-0.2, 0) is 17.6 Å². The Kier molecular flexibility index (Phi) is 2.63. The van der Waals surface area contributed by atoms with Crippen LogP contribution in [0.3, 0.4) is 0 Å².